The fraction of sp³-hybridized carbons (Fsp3) is 0.250. The average molecular weight is 381 g/mol. The first-order valence-corrected chi connectivity index (χ1v) is 9.62. The molecule has 0 fully saturated rings. The Kier molecular flexibility index (Phi) is 6.54. The van der Waals surface area contributed by atoms with E-state index in [2.05, 4.69) is 32.0 Å². The molecule has 3 heteroatoms. The first kappa shape index (κ1) is 19.5. The third-order valence-corrected chi connectivity index (χ3v) is 5.14. The van der Waals surface area contributed by atoms with Gasteiger partial charge in [0.25, 0.3) is 0 Å². The number of rotatable bonds is 8. The summed E-state index contributed by atoms with van der Waals surface area (Å²) >= 11 is 6.02. The number of para-hydroxylation sites is 1. The van der Waals surface area contributed by atoms with E-state index in [4.69, 9.17) is 21.1 Å². The van der Waals surface area contributed by atoms with Crippen LogP contribution in [0.3, 0.4) is 0 Å². The highest BCUT2D eigenvalue weighted by atomic mass is 35.5. The third-order valence-electron chi connectivity index (χ3n) is 4.89. The van der Waals surface area contributed by atoms with Gasteiger partial charge in [0.2, 0.25) is 0 Å². The maximum absolute atomic E-state index is 6.08. The summed E-state index contributed by atoms with van der Waals surface area (Å²) in [6.07, 6.45) is 0.992. The molecule has 0 aliphatic heterocycles. The molecule has 0 spiro atoms. The van der Waals surface area contributed by atoms with E-state index in [-0.39, 0.29) is 5.41 Å². The molecule has 0 aromatic heterocycles. The van der Waals surface area contributed by atoms with Crippen LogP contribution in [0.4, 0.5) is 0 Å². The van der Waals surface area contributed by atoms with Crippen molar-refractivity contribution in [3.63, 3.8) is 0 Å². The number of hydrogen-bond donors (Lipinski definition) is 0. The number of halogens is 1. The summed E-state index contributed by atoms with van der Waals surface area (Å²) in [4.78, 5) is 0. The molecule has 0 saturated heterocycles. The summed E-state index contributed by atoms with van der Waals surface area (Å²) in [5, 5.41) is 0.758. The normalized spacial score (nSPS) is 13.1. The fourth-order valence-electron chi connectivity index (χ4n) is 2.96. The number of hydrogen-bond acceptors (Lipinski definition) is 2. The molecular weight excluding hydrogens is 356 g/mol. The van der Waals surface area contributed by atoms with Gasteiger partial charge in [-0.1, -0.05) is 67.9 Å². The molecule has 140 valence electrons. The molecule has 1 atom stereocenters. The van der Waals surface area contributed by atoms with Crippen molar-refractivity contribution in [1.29, 1.82) is 0 Å². The van der Waals surface area contributed by atoms with Gasteiger partial charge in [0.1, 0.15) is 11.5 Å². The van der Waals surface area contributed by atoms with Crippen LogP contribution in [0.25, 0.3) is 0 Å². The second-order valence-corrected chi connectivity index (χ2v) is 7.41. The van der Waals surface area contributed by atoms with Crippen LogP contribution in [0, 0.1) is 0 Å². The van der Waals surface area contributed by atoms with Crippen molar-refractivity contribution in [3.05, 3.63) is 95.0 Å². The molecule has 0 heterocycles. The third kappa shape index (κ3) is 5.35. The Hall–Kier alpha value is -2.29. The predicted octanol–water partition coefficient (Wildman–Crippen LogP) is 7.02. The van der Waals surface area contributed by atoms with Gasteiger partial charge in [-0.3, -0.25) is 0 Å². The van der Waals surface area contributed by atoms with Crippen LogP contribution in [-0.2, 0) is 16.8 Å². The monoisotopic (exact) mass is 380 g/mol. The fourth-order valence-corrected chi connectivity index (χ4v) is 3.09. The van der Waals surface area contributed by atoms with Gasteiger partial charge in [-0.2, -0.15) is 0 Å². The summed E-state index contributed by atoms with van der Waals surface area (Å²) in [5.74, 6) is 1.65. The molecule has 0 N–H and O–H groups in total. The first-order chi connectivity index (χ1) is 13.1. The molecule has 0 radical (unpaired) electrons. The van der Waals surface area contributed by atoms with Crippen molar-refractivity contribution >= 4 is 11.6 Å². The van der Waals surface area contributed by atoms with E-state index in [0.29, 0.717) is 13.2 Å². The smallest absolute Gasteiger partial charge is 0.127 e. The maximum atomic E-state index is 6.08. The van der Waals surface area contributed by atoms with Crippen molar-refractivity contribution in [2.24, 2.45) is 0 Å². The molecule has 0 amide bonds. The van der Waals surface area contributed by atoms with Crippen molar-refractivity contribution in [3.8, 4) is 11.5 Å². The van der Waals surface area contributed by atoms with E-state index in [1.807, 2.05) is 60.7 Å². The van der Waals surface area contributed by atoms with Gasteiger partial charge in [0.05, 0.1) is 13.2 Å². The van der Waals surface area contributed by atoms with Crippen molar-refractivity contribution < 1.29 is 9.47 Å². The molecule has 0 saturated carbocycles. The Morgan fingerprint density at radius 2 is 1.56 bits per heavy atom. The standard InChI is InChI=1S/C24H25ClO2/c1-3-24(2,20-12-14-21(25)15-13-20)18-26-17-19-8-7-11-23(16-19)27-22-9-5-4-6-10-22/h4-16H,3,17-18H2,1-2H3. The van der Waals surface area contributed by atoms with Crippen LogP contribution >= 0.6 is 11.6 Å². The zero-order valence-corrected chi connectivity index (χ0v) is 16.6. The molecule has 0 bridgehead atoms. The highest BCUT2D eigenvalue weighted by Crippen LogP contribution is 2.29. The van der Waals surface area contributed by atoms with E-state index in [1.165, 1.54) is 5.56 Å². The Morgan fingerprint density at radius 1 is 0.852 bits per heavy atom. The molecule has 0 aliphatic carbocycles. The molecule has 1 unspecified atom stereocenters. The minimum atomic E-state index is -0.0390. The van der Waals surface area contributed by atoms with Crippen molar-refractivity contribution in [1.82, 2.24) is 0 Å². The van der Waals surface area contributed by atoms with E-state index in [1.54, 1.807) is 0 Å². The van der Waals surface area contributed by atoms with Crippen LogP contribution in [0.5, 0.6) is 11.5 Å². The second-order valence-electron chi connectivity index (χ2n) is 6.98. The average Bonchev–Trinajstić information content (AvgIpc) is 2.69. The molecular formula is C24H25ClO2. The summed E-state index contributed by atoms with van der Waals surface area (Å²) < 4.78 is 12.0. The lowest BCUT2D eigenvalue weighted by Gasteiger charge is -2.29. The Morgan fingerprint density at radius 3 is 2.26 bits per heavy atom. The number of ether oxygens (including phenoxy) is 2. The minimum Gasteiger partial charge on any atom is -0.457 e. The largest absolute Gasteiger partial charge is 0.457 e. The van der Waals surface area contributed by atoms with Gasteiger partial charge in [0.15, 0.2) is 0 Å². The van der Waals surface area contributed by atoms with E-state index in [0.717, 1.165) is 28.5 Å². The summed E-state index contributed by atoms with van der Waals surface area (Å²) in [6, 6.07) is 25.9. The molecule has 2 nitrogen and oxygen atoms in total. The van der Waals surface area contributed by atoms with E-state index >= 15 is 0 Å². The van der Waals surface area contributed by atoms with Crippen molar-refractivity contribution in [2.75, 3.05) is 6.61 Å². The quantitative estimate of drug-likeness (QED) is 0.418. The van der Waals surface area contributed by atoms with Gasteiger partial charge in [-0.15, -0.1) is 0 Å². The molecule has 0 aliphatic rings. The van der Waals surface area contributed by atoms with Gasteiger partial charge in [-0.05, 0) is 53.9 Å². The van der Waals surface area contributed by atoms with E-state index in [9.17, 15) is 0 Å². The predicted molar refractivity (Wildman–Crippen MR) is 112 cm³/mol. The van der Waals surface area contributed by atoms with Crippen molar-refractivity contribution in [2.45, 2.75) is 32.3 Å². The lowest BCUT2D eigenvalue weighted by atomic mass is 9.81. The molecule has 3 rings (SSSR count). The van der Waals surface area contributed by atoms with Crippen LogP contribution in [0.15, 0.2) is 78.9 Å². The van der Waals surface area contributed by atoms with Gasteiger partial charge >= 0.3 is 0 Å². The summed E-state index contributed by atoms with van der Waals surface area (Å²) in [6.45, 7) is 5.61. The van der Waals surface area contributed by atoms with Crippen LogP contribution in [0.1, 0.15) is 31.4 Å². The van der Waals surface area contributed by atoms with Crippen LogP contribution < -0.4 is 4.74 Å². The van der Waals surface area contributed by atoms with E-state index < -0.39 is 0 Å². The zero-order valence-electron chi connectivity index (χ0n) is 15.8. The zero-order chi connectivity index (χ0) is 19.1. The Labute approximate surface area is 166 Å². The topological polar surface area (TPSA) is 18.5 Å². The molecule has 27 heavy (non-hydrogen) atoms. The summed E-state index contributed by atoms with van der Waals surface area (Å²) in [5.41, 5.74) is 2.30. The SMILES string of the molecule is CCC(C)(COCc1cccc(Oc2ccccc2)c1)c1ccc(Cl)cc1. The highest BCUT2D eigenvalue weighted by Gasteiger charge is 2.24. The summed E-state index contributed by atoms with van der Waals surface area (Å²) in [7, 11) is 0. The maximum Gasteiger partial charge on any atom is 0.127 e. The second kappa shape index (κ2) is 9.07. The molecule has 3 aromatic rings. The number of benzene rings is 3. The highest BCUT2D eigenvalue weighted by molar-refractivity contribution is 6.30. The van der Waals surface area contributed by atoms with Crippen LogP contribution in [0.2, 0.25) is 5.02 Å². The van der Waals surface area contributed by atoms with Gasteiger partial charge in [-0.25, -0.2) is 0 Å². The minimum absolute atomic E-state index is 0.0390. The Bertz CT molecular complexity index is 846. The van der Waals surface area contributed by atoms with Gasteiger partial charge in [0, 0.05) is 10.4 Å². The lowest BCUT2D eigenvalue weighted by molar-refractivity contribution is 0.0747. The molecule has 3 aromatic carbocycles. The van der Waals surface area contributed by atoms with Gasteiger partial charge < -0.3 is 9.47 Å². The lowest BCUT2D eigenvalue weighted by Crippen LogP contribution is -2.27. The van der Waals surface area contributed by atoms with Crippen LogP contribution in [-0.4, -0.2) is 6.61 Å². The first-order valence-electron chi connectivity index (χ1n) is 9.25. The Balaban J connectivity index is 1.61.